The van der Waals surface area contributed by atoms with Gasteiger partial charge < -0.3 is 15.0 Å². The van der Waals surface area contributed by atoms with Crippen molar-refractivity contribution in [1.82, 2.24) is 14.8 Å². The molecule has 2 fully saturated rings. The monoisotopic (exact) mass is 474 g/mol. The number of benzene rings is 1. The third kappa shape index (κ3) is 5.62. The summed E-state index contributed by atoms with van der Waals surface area (Å²) in [6.07, 6.45) is 3.14. The van der Waals surface area contributed by atoms with E-state index in [4.69, 9.17) is 16.3 Å². The molecule has 0 unspecified atom stereocenters. The van der Waals surface area contributed by atoms with E-state index in [1.807, 2.05) is 19.9 Å². The maximum atomic E-state index is 13.8. The van der Waals surface area contributed by atoms with Crippen molar-refractivity contribution in [3.8, 4) is 0 Å². The van der Waals surface area contributed by atoms with Crippen LogP contribution in [0.5, 0.6) is 0 Å². The van der Waals surface area contributed by atoms with Crippen LogP contribution in [0.4, 0.5) is 14.9 Å². The highest BCUT2D eigenvalue weighted by atomic mass is 35.5. The molecular weight excluding hydrogens is 447 g/mol. The number of ether oxygens (including phenoxy) is 1. The molecule has 1 aromatic carbocycles. The van der Waals surface area contributed by atoms with E-state index in [1.165, 1.54) is 12.3 Å². The number of amides is 2. The smallest absolute Gasteiger partial charge is 0.410 e. The van der Waals surface area contributed by atoms with Gasteiger partial charge in [-0.15, -0.1) is 0 Å². The van der Waals surface area contributed by atoms with Crippen LogP contribution in [0.25, 0.3) is 0 Å². The predicted octanol–water partition coefficient (Wildman–Crippen LogP) is 4.55. The SMILES string of the molecule is Cc1ncc(C(=O)Nc2cc(Cl)cc(CN3CCN(C(=O)OC4CC4)[C@@H](C)C3)c2C)cc1F. The Morgan fingerprint density at radius 2 is 2.00 bits per heavy atom. The molecule has 4 rings (SSSR count). The molecule has 7 nitrogen and oxygen atoms in total. The Morgan fingerprint density at radius 1 is 1.24 bits per heavy atom. The average Bonchev–Trinajstić information content (AvgIpc) is 3.57. The van der Waals surface area contributed by atoms with Gasteiger partial charge >= 0.3 is 6.09 Å². The van der Waals surface area contributed by atoms with E-state index in [1.54, 1.807) is 17.9 Å². The fraction of sp³-hybridized carbons (Fsp3) is 0.458. The second-order valence-corrected chi connectivity index (χ2v) is 9.28. The number of rotatable bonds is 5. The number of aromatic nitrogens is 1. The van der Waals surface area contributed by atoms with E-state index in [0.29, 0.717) is 36.9 Å². The molecule has 1 saturated carbocycles. The molecule has 0 radical (unpaired) electrons. The molecule has 2 aromatic rings. The Labute approximate surface area is 197 Å². The van der Waals surface area contributed by atoms with Gasteiger partial charge in [-0.05, 0) is 62.9 Å². The Hall–Kier alpha value is -2.71. The van der Waals surface area contributed by atoms with E-state index in [-0.39, 0.29) is 29.5 Å². The molecule has 9 heteroatoms. The molecule has 2 amide bonds. The number of halogens is 2. The van der Waals surface area contributed by atoms with Crippen molar-refractivity contribution < 1.29 is 18.7 Å². The molecule has 1 aromatic heterocycles. The predicted molar refractivity (Wildman–Crippen MR) is 124 cm³/mol. The van der Waals surface area contributed by atoms with Crippen LogP contribution in [0.1, 0.15) is 46.9 Å². The van der Waals surface area contributed by atoms with Gasteiger partial charge in [0.2, 0.25) is 0 Å². The van der Waals surface area contributed by atoms with Gasteiger partial charge in [-0.1, -0.05) is 11.6 Å². The maximum absolute atomic E-state index is 13.8. The minimum absolute atomic E-state index is 0.0348. The molecular formula is C24H28ClFN4O3. The zero-order valence-corrected chi connectivity index (χ0v) is 19.8. The summed E-state index contributed by atoms with van der Waals surface area (Å²) in [6, 6.07) is 4.78. The lowest BCUT2D eigenvalue weighted by Crippen LogP contribution is -2.53. The topological polar surface area (TPSA) is 74.8 Å². The summed E-state index contributed by atoms with van der Waals surface area (Å²) >= 11 is 6.35. The number of carbonyl (C=O) groups is 2. The molecule has 33 heavy (non-hydrogen) atoms. The van der Waals surface area contributed by atoms with Crippen molar-refractivity contribution in [3.63, 3.8) is 0 Å². The van der Waals surface area contributed by atoms with Crippen molar-refractivity contribution in [2.45, 2.75) is 52.3 Å². The summed E-state index contributed by atoms with van der Waals surface area (Å²) in [5.74, 6) is -0.977. The first-order chi connectivity index (χ1) is 15.7. The molecule has 1 aliphatic carbocycles. The highest BCUT2D eigenvalue weighted by molar-refractivity contribution is 6.31. The minimum Gasteiger partial charge on any atom is -0.446 e. The summed E-state index contributed by atoms with van der Waals surface area (Å²) < 4.78 is 19.3. The van der Waals surface area contributed by atoms with Crippen LogP contribution < -0.4 is 5.32 Å². The van der Waals surface area contributed by atoms with E-state index in [0.717, 1.165) is 24.0 Å². The van der Waals surface area contributed by atoms with Gasteiger partial charge in [0.1, 0.15) is 11.9 Å². The van der Waals surface area contributed by atoms with Gasteiger partial charge in [-0.3, -0.25) is 14.7 Å². The van der Waals surface area contributed by atoms with Gasteiger partial charge in [0.15, 0.2) is 0 Å². The first-order valence-electron chi connectivity index (χ1n) is 11.1. The molecule has 1 atom stereocenters. The molecule has 0 bridgehead atoms. The van der Waals surface area contributed by atoms with Gasteiger partial charge in [-0.2, -0.15) is 0 Å². The number of pyridine rings is 1. The number of nitrogens with one attached hydrogen (secondary N) is 1. The van der Waals surface area contributed by atoms with E-state index >= 15 is 0 Å². The lowest BCUT2D eigenvalue weighted by atomic mass is 10.0. The maximum Gasteiger partial charge on any atom is 0.410 e. The molecule has 1 saturated heterocycles. The van der Waals surface area contributed by atoms with Crippen LogP contribution in [0, 0.1) is 19.7 Å². The van der Waals surface area contributed by atoms with Crippen LogP contribution in [-0.2, 0) is 11.3 Å². The first kappa shape index (κ1) is 23.4. The van der Waals surface area contributed by atoms with Crippen molar-refractivity contribution in [2.75, 3.05) is 25.0 Å². The largest absolute Gasteiger partial charge is 0.446 e. The van der Waals surface area contributed by atoms with Gasteiger partial charge in [0.25, 0.3) is 5.91 Å². The molecule has 1 aliphatic heterocycles. The second kappa shape index (κ2) is 9.65. The van der Waals surface area contributed by atoms with Crippen molar-refractivity contribution in [3.05, 3.63) is 57.6 Å². The van der Waals surface area contributed by atoms with Gasteiger partial charge in [0.05, 0.1) is 11.3 Å². The highest BCUT2D eigenvalue weighted by Crippen LogP contribution is 2.28. The lowest BCUT2D eigenvalue weighted by Gasteiger charge is -2.39. The van der Waals surface area contributed by atoms with Gasteiger partial charge in [-0.25, -0.2) is 9.18 Å². The lowest BCUT2D eigenvalue weighted by molar-refractivity contribution is 0.0457. The summed E-state index contributed by atoms with van der Waals surface area (Å²) in [4.78, 5) is 32.9. The van der Waals surface area contributed by atoms with Crippen LogP contribution in [0.15, 0.2) is 24.4 Å². The number of carbonyl (C=O) groups excluding carboxylic acids is 2. The number of anilines is 1. The number of hydrogen-bond donors (Lipinski definition) is 1. The van der Waals surface area contributed by atoms with Crippen molar-refractivity contribution >= 4 is 29.3 Å². The normalized spacial score (nSPS) is 18.8. The highest BCUT2D eigenvalue weighted by Gasteiger charge is 2.33. The molecule has 1 N–H and O–H groups in total. The van der Waals surface area contributed by atoms with E-state index in [9.17, 15) is 14.0 Å². The second-order valence-electron chi connectivity index (χ2n) is 8.84. The van der Waals surface area contributed by atoms with Crippen LogP contribution in [-0.4, -0.2) is 58.6 Å². The number of aryl methyl sites for hydroxylation is 1. The number of nitrogens with zero attached hydrogens (tertiary/aromatic N) is 3. The quantitative estimate of drug-likeness (QED) is 0.688. The average molecular weight is 475 g/mol. The number of piperazine rings is 1. The van der Waals surface area contributed by atoms with Crippen LogP contribution in [0.2, 0.25) is 5.02 Å². The number of hydrogen-bond acceptors (Lipinski definition) is 5. The molecule has 2 aliphatic rings. The fourth-order valence-corrected chi connectivity index (χ4v) is 4.18. The first-order valence-corrected chi connectivity index (χ1v) is 11.5. The van der Waals surface area contributed by atoms with Crippen molar-refractivity contribution in [2.24, 2.45) is 0 Å². The Kier molecular flexibility index (Phi) is 6.86. The summed E-state index contributed by atoms with van der Waals surface area (Å²) in [5.41, 5.74) is 2.82. The molecule has 2 heterocycles. The molecule has 176 valence electrons. The van der Waals surface area contributed by atoms with Crippen LogP contribution >= 0.6 is 11.6 Å². The summed E-state index contributed by atoms with van der Waals surface area (Å²) in [5, 5.41) is 3.33. The van der Waals surface area contributed by atoms with Crippen molar-refractivity contribution in [1.29, 1.82) is 0 Å². The third-order valence-electron chi connectivity index (χ3n) is 6.15. The fourth-order valence-electron chi connectivity index (χ4n) is 3.94. The zero-order valence-electron chi connectivity index (χ0n) is 19.0. The van der Waals surface area contributed by atoms with E-state index < -0.39 is 11.7 Å². The molecule has 0 spiro atoms. The van der Waals surface area contributed by atoms with Gasteiger partial charge in [0, 0.05) is 49.1 Å². The Balaban J connectivity index is 1.43. The third-order valence-corrected chi connectivity index (χ3v) is 6.37. The Bertz CT molecular complexity index is 1080. The van der Waals surface area contributed by atoms with E-state index in [2.05, 4.69) is 15.2 Å². The summed E-state index contributed by atoms with van der Waals surface area (Å²) in [6.45, 7) is 8.14. The Morgan fingerprint density at radius 3 is 2.67 bits per heavy atom. The van der Waals surface area contributed by atoms with Crippen LogP contribution in [0.3, 0.4) is 0 Å². The standard InChI is InChI=1S/C24H28ClFN4O3/c1-14-12-29(6-7-30(14)24(32)33-20-4-5-20)13-18-8-19(25)10-22(15(18)2)28-23(31)17-9-21(26)16(3)27-11-17/h8-11,14,20H,4-7,12-13H2,1-3H3,(H,28,31)/t14-/m0/s1. The minimum atomic E-state index is -0.527. The summed E-state index contributed by atoms with van der Waals surface area (Å²) in [7, 11) is 0. The zero-order chi connectivity index (χ0) is 23.7.